The fourth-order valence-electron chi connectivity index (χ4n) is 2.43. The molecule has 7 nitrogen and oxygen atoms in total. The van der Waals surface area contributed by atoms with Crippen LogP contribution in [0.4, 0.5) is 16.2 Å². The van der Waals surface area contributed by atoms with Gasteiger partial charge in [-0.2, -0.15) is 0 Å². The Balaban J connectivity index is 1.70. The number of halogens is 1. The minimum absolute atomic E-state index is 0.0885. The number of nitrogens with zero attached hydrogens (tertiary/aromatic N) is 4. The maximum atomic E-state index is 12.8. The standard InChI is InChI=1S/C13H15FN6O/c14-9-6-17-13(18-7-9)19-10-2-1-5-20(8-10)11-12(21)16-4-3-15-11/h3-4,6-7,10H,1-2,5,8H2,(H,16,21)(H,17,18,19). The van der Waals surface area contributed by atoms with E-state index in [-0.39, 0.29) is 11.6 Å². The van der Waals surface area contributed by atoms with Gasteiger partial charge < -0.3 is 15.2 Å². The Morgan fingerprint density at radius 3 is 2.90 bits per heavy atom. The second-order valence-corrected chi connectivity index (χ2v) is 4.90. The average molecular weight is 290 g/mol. The van der Waals surface area contributed by atoms with Crippen LogP contribution in [0.15, 0.2) is 29.6 Å². The van der Waals surface area contributed by atoms with Crippen LogP contribution in [0, 0.1) is 5.82 Å². The maximum absolute atomic E-state index is 12.8. The number of rotatable bonds is 3. The van der Waals surface area contributed by atoms with Crippen LogP contribution in [0.3, 0.4) is 0 Å². The summed E-state index contributed by atoms with van der Waals surface area (Å²) in [6.45, 7) is 1.41. The molecule has 0 amide bonds. The molecule has 1 atom stereocenters. The molecule has 0 aliphatic carbocycles. The predicted octanol–water partition coefficient (Wildman–Crippen LogP) is 0.780. The molecular formula is C13H15FN6O. The van der Waals surface area contributed by atoms with Gasteiger partial charge in [0.15, 0.2) is 11.6 Å². The van der Waals surface area contributed by atoms with E-state index in [0.29, 0.717) is 18.3 Å². The smallest absolute Gasteiger partial charge is 0.290 e. The van der Waals surface area contributed by atoms with Crippen molar-refractivity contribution in [1.29, 1.82) is 0 Å². The quantitative estimate of drug-likeness (QED) is 0.868. The van der Waals surface area contributed by atoms with Crippen molar-refractivity contribution in [1.82, 2.24) is 19.9 Å². The van der Waals surface area contributed by atoms with Gasteiger partial charge in [-0.3, -0.25) is 4.79 Å². The molecule has 1 saturated heterocycles. The first-order valence-electron chi connectivity index (χ1n) is 6.75. The Kier molecular flexibility index (Phi) is 3.76. The molecular weight excluding hydrogens is 275 g/mol. The van der Waals surface area contributed by atoms with E-state index in [1.165, 1.54) is 6.20 Å². The highest BCUT2D eigenvalue weighted by Crippen LogP contribution is 2.16. The molecule has 0 radical (unpaired) electrons. The number of nitrogens with one attached hydrogen (secondary N) is 2. The summed E-state index contributed by atoms with van der Waals surface area (Å²) in [4.78, 5) is 28.2. The summed E-state index contributed by atoms with van der Waals surface area (Å²) >= 11 is 0. The Morgan fingerprint density at radius 2 is 2.14 bits per heavy atom. The van der Waals surface area contributed by atoms with Crippen molar-refractivity contribution in [2.24, 2.45) is 0 Å². The third-order valence-electron chi connectivity index (χ3n) is 3.36. The number of piperidine rings is 1. The van der Waals surface area contributed by atoms with Crippen molar-refractivity contribution >= 4 is 11.8 Å². The minimum Gasteiger partial charge on any atom is -0.350 e. The first kappa shape index (κ1) is 13.5. The first-order valence-corrected chi connectivity index (χ1v) is 6.75. The molecule has 1 fully saturated rings. The molecule has 8 heteroatoms. The summed E-state index contributed by atoms with van der Waals surface area (Å²) in [7, 11) is 0. The van der Waals surface area contributed by atoms with E-state index in [4.69, 9.17) is 0 Å². The lowest BCUT2D eigenvalue weighted by molar-refractivity contribution is 0.522. The van der Waals surface area contributed by atoms with Crippen LogP contribution in [0.25, 0.3) is 0 Å². The summed E-state index contributed by atoms with van der Waals surface area (Å²) in [5.41, 5.74) is -0.198. The number of anilines is 2. The van der Waals surface area contributed by atoms with Crippen molar-refractivity contribution in [2.45, 2.75) is 18.9 Å². The highest BCUT2D eigenvalue weighted by Gasteiger charge is 2.23. The van der Waals surface area contributed by atoms with Crippen LogP contribution in [0.2, 0.25) is 0 Å². The average Bonchev–Trinajstić information content (AvgIpc) is 2.50. The monoisotopic (exact) mass is 290 g/mol. The van der Waals surface area contributed by atoms with Crippen LogP contribution < -0.4 is 15.8 Å². The van der Waals surface area contributed by atoms with Gasteiger partial charge in [0.25, 0.3) is 5.56 Å². The van der Waals surface area contributed by atoms with Gasteiger partial charge in [-0.05, 0) is 12.8 Å². The van der Waals surface area contributed by atoms with Crippen LogP contribution in [-0.4, -0.2) is 39.1 Å². The third kappa shape index (κ3) is 3.15. The molecule has 1 unspecified atom stereocenters. The Bertz CT molecular complexity index is 658. The molecule has 3 heterocycles. The normalized spacial score (nSPS) is 18.5. The number of aromatic nitrogens is 4. The second-order valence-electron chi connectivity index (χ2n) is 4.90. The molecule has 110 valence electrons. The van der Waals surface area contributed by atoms with Crippen LogP contribution >= 0.6 is 0 Å². The van der Waals surface area contributed by atoms with Crippen molar-refractivity contribution in [3.8, 4) is 0 Å². The molecule has 2 aromatic heterocycles. The SMILES string of the molecule is O=c1[nH]ccnc1N1CCCC(Nc2ncc(F)cn2)C1. The molecule has 3 rings (SSSR count). The lowest BCUT2D eigenvalue weighted by atomic mass is 10.1. The van der Waals surface area contributed by atoms with Gasteiger partial charge in [-0.1, -0.05) is 0 Å². The number of aromatic amines is 1. The minimum atomic E-state index is -0.467. The van der Waals surface area contributed by atoms with Gasteiger partial charge >= 0.3 is 0 Å². The van der Waals surface area contributed by atoms with Gasteiger partial charge in [-0.15, -0.1) is 0 Å². The van der Waals surface area contributed by atoms with Gasteiger partial charge in [0, 0.05) is 31.5 Å². The topological polar surface area (TPSA) is 86.8 Å². The van der Waals surface area contributed by atoms with E-state index in [1.54, 1.807) is 6.20 Å². The van der Waals surface area contributed by atoms with Gasteiger partial charge in [0.1, 0.15) is 0 Å². The zero-order valence-electron chi connectivity index (χ0n) is 11.3. The molecule has 21 heavy (non-hydrogen) atoms. The summed E-state index contributed by atoms with van der Waals surface area (Å²) in [6.07, 6.45) is 7.18. The first-order chi connectivity index (χ1) is 10.2. The lowest BCUT2D eigenvalue weighted by Gasteiger charge is -2.33. The van der Waals surface area contributed by atoms with Crippen molar-refractivity contribution in [3.05, 3.63) is 41.0 Å². The van der Waals surface area contributed by atoms with E-state index in [2.05, 4.69) is 25.3 Å². The zero-order chi connectivity index (χ0) is 14.7. The number of hydrogen-bond donors (Lipinski definition) is 2. The van der Waals surface area contributed by atoms with Crippen molar-refractivity contribution in [2.75, 3.05) is 23.3 Å². The number of H-pyrrole nitrogens is 1. The summed E-state index contributed by atoms with van der Waals surface area (Å²) in [6, 6.07) is 0.0885. The summed E-state index contributed by atoms with van der Waals surface area (Å²) in [5.74, 6) is 0.341. The highest BCUT2D eigenvalue weighted by molar-refractivity contribution is 5.37. The Hall–Kier alpha value is -2.51. The highest BCUT2D eigenvalue weighted by atomic mass is 19.1. The van der Waals surface area contributed by atoms with Gasteiger partial charge in [-0.25, -0.2) is 19.3 Å². The van der Waals surface area contributed by atoms with E-state index >= 15 is 0 Å². The molecule has 0 aromatic carbocycles. The zero-order valence-corrected chi connectivity index (χ0v) is 11.3. The largest absolute Gasteiger partial charge is 0.350 e. The second kappa shape index (κ2) is 5.86. The van der Waals surface area contributed by atoms with Crippen LogP contribution in [0.5, 0.6) is 0 Å². The molecule has 2 aromatic rings. The molecule has 1 aliphatic heterocycles. The fourth-order valence-corrected chi connectivity index (χ4v) is 2.43. The lowest BCUT2D eigenvalue weighted by Crippen LogP contribution is -2.44. The Morgan fingerprint density at radius 1 is 1.33 bits per heavy atom. The van der Waals surface area contributed by atoms with E-state index in [9.17, 15) is 9.18 Å². The summed E-state index contributed by atoms with van der Waals surface area (Å²) in [5, 5.41) is 3.16. The Labute approximate surface area is 120 Å². The molecule has 0 saturated carbocycles. The number of hydrogen-bond acceptors (Lipinski definition) is 6. The van der Waals surface area contributed by atoms with Crippen molar-refractivity contribution < 1.29 is 4.39 Å². The molecule has 2 N–H and O–H groups in total. The molecule has 0 spiro atoms. The summed E-state index contributed by atoms with van der Waals surface area (Å²) < 4.78 is 12.8. The van der Waals surface area contributed by atoms with E-state index in [0.717, 1.165) is 31.8 Å². The van der Waals surface area contributed by atoms with Crippen LogP contribution in [0.1, 0.15) is 12.8 Å². The van der Waals surface area contributed by atoms with Gasteiger partial charge in [0.2, 0.25) is 5.95 Å². The molecule has 0 bridgehead atoms. The van der Waals surface area contributed by atoms with E-state index in [1.807, 2.05) is 4.90 Å². The fraction of sp³-hybridized carbons (Fsp3) is 0.385. The van der Waals surface area contributed by atoms with Gasteiger partial charge in [0.05, 0.1) is 12.4 Å². The predicted molar refractivity (Wildman–Crippen MR) is 75.7 cm³/mol. The van der Waals surface area contributed by atoms with Crippen LogP contribution in [-0.2, 0) is 0 Å². The molecule has 1 aliphatic rings. The maximum Gasteiger partial charge on any atom is 0.290 e. The van der Waals surface area contributed by atoms with E-state index < -0.39 is 5.82 Å². The van der Waals surface area contributed by atoms with Crippen molar-refractivity contribution in [3.63, 3.8) is 0 Å². The third-order valence-corrected chi connectivity index (χ3v) is 3.36.